The lowest BCUT2D eigenvalue weighted by Gasteiger charge is -2.19. The van der Waals surface area contributed by atoms with E-state index in [-0.39, 0.29) is 11.1 Å². The summed E-state index contributed by atoms with van der Waals surface area (Å²) in [6.07, 6.45) is -3.70. The summed E-state index contributed by atoms with van der Waals surface area (Å²) < 4.78 is 39.6. The highest BCUT2D eigenvalue weighted by Gasteiger charge is 2.41. The van der Waals surface area contributed by atoms with E-state index in [0.717, 1.165) is 9.26 Å². The van der Waals surface area contributed by atoms with Crippen molar-refractivity contribution in [2.45, 2.75) is 6.18 Å². The summed E-state index contributed by atoms with van der Waals surface area (Å²) >= 11 is 2.09. The van der Waals surface area contributed by atoms with E-state index in [1.807, 2.05) is 12.1 Å². The normalized spacial score (nSPS) is 12.1. The molecule has 0 bridgehead atoms. The first-order chi connectivity index (χ1) is 10.8. The molecule has 2 rings (SSSR count). The average molecular weight is 431 g/mol. The number of allylic oxidation sites excluding steroid dienone is 1. The molecule has 6 heteroatoms. The van der Waals surface area contributed by atoms with Gasteiger partial charge in [-0.05, 0) is 40.3 Å². The van der Waals surface area contributed by atoms with Crippen molar-refractivity contribution >= 4 is 39.6 Å². The zero-order valence-electron chi connectivity index (χ0n) is 12.1. The van der Waals surface area contributed by atoms with Gasteiger partial charge in [-0.1, -0.05) is 42.5 Å². The van der Waals surface area contributed by atoms with Gasteiger partial charge in [0, 0.05) is 16.8 Å². The van der Waals surface area contributed by atoms with E-state index < -0.39 is 12.0 Å². The Kier molecular flexibility index (Phi) is 5.46. The number of halogens is 4. The van der Waals surface area contributed by atoms with Gasteiger partial charge in [0.1, 0.15) is 0 Å². The predicted molar refractivity (Wildman–Crippen MR) is 93.0 cm³/mol. The summed E-state index contributed by atoms with van der Waals surface area (Å²) in [5.41, 5.74) is 0.560. The molecule has 2 nitrogen and oxygen atoms in total. The molecule has 0 unspecified atom stereocenters. The molecule has 0 aliphatic heterocycles. The van der Waals surface area contributed by atoms with Crippen molar-refractivity contribution in [2.75, 3.05) is 11.9 Å². The summed E-state index contributed by atoms with van der Waals surface area (Å²) in [5, 5.41) is 0. The van der Waals surface area contributed by atoms with Crippen molar-refractivity contribution in [3.63, 3.8) is 0 Å². The largest absolute Gasteiger partial charge is 0.454 e. The number of carbonyl (C=O) groups is 1. The third kappa shape index (κ3) is 4.34. The van der Waals surface area contributed by atoms with Gasteiger partial charge in [0.2, 0.25) is 0 Å². The van der Waals surface area contributed by atoms with Crippen LogP contribution in [0.5, 0.6) is 0 Å². The first-order valence-electron chi connectivity index (χ1n) is 6.67. The standard InChI is InChI=1S/C17H13F3INO/c1-22(15-10-6-5-9-14(15)21)11-13(16(23)17(18,19)20)12-7-3-2-4-8-12/h2-11H,1H3/b13-11+. The van der Waals surface area contributed by atoms with E-state index in [9.17, 15) is 18.0 Å². The molecule has 120 valence electrons. The second kappa shape index (κ2) is 7.16. The van der Waals surface area contributed by atoms with E-state index >= 15 is 0 Å². The highest BCUT2D eigenvalue weighted by Crippen LogP contribution is 2.29. The van der Waals surface area contributed by atoms with Crippen LogP contribution in [0.25, 0.3) is 5.57 Å². The maximum absolute atomic E-state index is 12.9. The summed E-state index contributed by atoms with van der Waals surface area (Å²) in [7, 11) is 1.62. The van der Waals surface area contributed by atoms with Crippen LogP contribution in [-0.2, 0) is 4.79 Å². The number of benzene rings is 2. The van der Waals surface area contributed by atoms with E-state index in [1.54, 1.807) is 37.4 Å². The fourth-order valence-electron chi connectivity index (χ4n) is 2.04. The Balaban J connectivity index is 2.49. The first kappa shape index (κ1) is 17.5. The number of ketones is 1. The summed E-state index contributed by atoms with van der Waals surface area (Å²) in [5.74, 6) is -1.86. The Labute approximate surface area is 145 Å². The van der Waals surface area contributed by atoms with E-state index in [4.69, 9.17) is 0 Å². The molecule has 0 amide bonds. The first-order valence-corrected chi connectivity index (χ1v) is 7.74. The molecule has 0 N–H and O–H groups in total. The Hall–Kier alpha value is -1.83. The van der Waals surface area contributed by atoms with Gasteiger partial charge in [-0.2, -0.15) is 13.2 Å². The second-order valence-electron chi connectivity index (χ2n) is 4.80. The van der Waals surface area contributed by atoms with Crippen molar-refractivity contribution in [3.8, 4) is 0 Å². The molecule has 2 aromatic carbocycles. The summed E-state index contributed by atoms with van der Waals surface area (Å²) in [6.45, 7) is 0. The molecule has 0 heterocycles. The average Bonchev–Trinajstić information content (AvgIpc) is 2.52. The van der Waals surface area contributed by atoms with Crippen molar-refractivity contribution < 1.29 is 18.0 Å². The molecule has 0 saturated carbocycles. The van der Waals surface area contributed by atoms with Crippen LogP contribution in [0.4, 0.5) is 18.9 Å². The molecule has 0 radical (unpaired) electrons. The van der Waals surface area contributed by atoms with E-state index in [2.05, 4.69) is 22.6 Å². The number of nitrogens with zero attached hydrogens (tertiary/aromatic N) is 1. The second-order valence-corrected chi connectivity index (χ2v) is 5.96. The number of alkyl halides is 3. The Morgan fingerprint density at radius 2 is 1.61 bits per heavy atom. The molecule has 2 aromatic rings. The van der Waals surface area contributed by atoms with Gasteiger partial charge in [0.15, 0.2) is 0 Å². The lowest BCUT2D eigenvalue weighted by Crippen LogP contribution is -2.25. The fourth-order valence-corrected chi connectivity index (χ4v) is 2.80. The van der Waals surface area contributed by atoms with Crippen LogP contribution in [-0.4, -0.2) is 19.0 Å². The molecular weight excluding hydrogens is 418 g/mol. The molecule has 23 heavy (non-hydrogen) atoms. The maximum Gasteiger partial charge on any atom is 0.454 e. The van der Waals surface area contributed by atoms with Crippen LogP contribution in [0, 0.1) is 3.57 Å². The minimum Gasteiger partial charge on any atom is -0.349 e. The van der Waals surface area contributed by atoms with Crippen molar-refractivity contribution in [1.29, 1.82) is 0 Å². The van der Waals surface area contributed by atoms with E-state index in [0.29, 0.717) is 0 Å². The Morgan fingerprint density at radius 1 is 1.04 bits per heavy atom. The highest BCUT2D eigenvalue weighted by atomic mass is 127. The van der Waals surface area contributed by atoms with Gasteiger partial charge in [-0.25, -0.2) is 0 Å². The number of hydrogen-bond acceptors (Lipinski definition) is 2. The Morgan fingerprint density at radius 3 is 2.17 bits per heavy atom. The van der Waals surface area contributed by atoms with Crippen molar-refractivity contribution in [2.24, 2.45) is 0 Å². The number of para-hydroxylation sites is 1. The molecule has 0 spiro atoms. The molecule has 0 atom stereocenters. The SMILES string of the molecule is CN(/C=C(/C(=O)C(F)(F)F)c1ccccc1)c1ccccc1I. The Bertz CT molecular complexity index is 726. The van der Waals surface area contributed by atoms with Crippen LogP contribution in [0.2, 0.25) is 0 Å². The molecule has 0 aliphatic carbocycles. The monoisotopic (exact) mass is 431 g/mol. The van der Waals surface area contributed by atoms with Crippen LogP contribution in [0.1, 0.15) is 5.56 Å². The quantitative estimate of drug-likeness (QED) is 0.507. The van der Waals surface area contributed by atoms with E-state index in [1.165, 1.54) is 23.2 Å². The molecular formula is C17H13F3INO. The zero-order chi connectivity index (χ0) is 17.0. The number of hydrogen-bond donors (Lipinski definition) is 0. The number of rotatable bonds is 4. The summed E-state index contributed by atoms with van der Waals surface area (Å²) in [6, 6.07) is 15.1. The minimum atomic E-state index is -4.92. The maximum atomic E-state index is 12.9. The zero-order valence-corrected chi connectivity index (χ0v) is 14.3. The van der Waals surface area contributed by atoms with Crippen molar-refractivity contribution in [1.82, 2.24) is 0 Å². The lowest BCUT2D eigenvalue weighted by molar-refractivity contribution is -0.164. The van der Waals surface area contributed by atoms with Gasteiger partial charge in [-0.3, -0.25) is 4.79 Å². The van der Waals surface area contributed by atoms with Crippen LogP contribution < -0.4 is 4.90 Å². The number of Topliss-reactive ketones (excluding diaryl/α,β-unsaturated/α-hetero) is 1. The smallest absolute Gasteiger partial charge is 0.349 e. The minimum absolute atomic E-state index is 0.229. The topological polar surface area (TPSA) is 20.3 Å². The predicted octanol–water partition coefficient (Wildman–Crippen LogP) is 4.90. The summed E-state index contributed by atoms with van der Waals surface area (Å²) in [4.78, 5) is 13.3. The van der Waals surface area contributed by atoms with Gasteiger partial charge in [0.05, 0.1) is 11.3 Å². The number of anilines is 1. The third-order valence-corrected chi connectivity index (χ3v) is 4.05. The lowest BCUT2D eigenvalue weighted by atomic mass is 10.0. The van der Waals surface area contributed by atoms with Gasteiger partial charge < -0.3 is 4.90 Å². The van der Waals surface area contributed by atoms with Crippen LogP contribution in [0.15, 0.2) is 60.8 Å². The third-order valence-electron chi connectivity index (χ3n) is 3.14. The van der Waals surface area contributed by atoms with Gasteiger partial charge >= 0.3 is 6.18 Å². The fraction of sp³-hybridized carbons (Fsp3) is 0.118. The molecule has 0 aliphatic rings. The molecule has 0 aromatic heterocycles. The molecule has 0 fully saturated rings. The van der Waals surface area contributed by atoms with Crippen LogP contribution >= 0.6 is 22.6 Å². The van der Waals surface area contributed by atoms with Crippen molar-refractivity contribution in [3.05, 3.63) is 69.9 Å². The number of carbonyl (C=O) groups excluding carboxylic acids is 1. The van der Waals surface area contributed by atoms with Gasteiger partial charge in [-0.15, -0.1) is 0 Å². The van der Waals surface area contributed by atoms with Crippen LogP contribution in [0.3, 0.4) is 0 Å². The van der Waals surface area contributed by atoms with Gasteiger partial charge in [0.25, 0.3) is 5.78 Å². The molecule has 0 saturated heterocycles. The highest BCUT2D eigenvalue weighted by molar-refractivity contribution is 14.1.